The summed E-state index contributed by atoms with van der Waals surface area (Å²) in [5.41, 5.74) is 3.66. The third-order valence-corrected chi connectivity index (χ3v) is 3.83. The van der Waals surface area contributed by atoms with Crippen LogP contribution in [0.5, 0.6) is 0 Å². The van der Waals surface area contributed by atoms with Crippen LogP contribution in [0, 0.1) is 6.92 Å². The van der Waals surface area contributed by atoms with Crippen LogP contribution in [-0.2, 0) is 5.75 Å². The molecule has 13 heavy (non-hydrogen) atoms. The molecule has 70 valence electrons. The Bertz CT molecular complexity index is 322. The first-order valence-electron chi connectivity index (χ1n) is 4.57. The Hall–Kier alpha value is -0.470. The van der Waals surface area contributed by atoms with Gasteiger partial charge in [0.2, 0.25) is 0 Å². The number of aliphatic hydroxyl groups is 1. The zero-order valence-corrected chi connectivity index (χ0v) is 8.77. The SMILES string of the molecule is Cc1ccc2c(c1)C(O)C(C)SC2. The molecule has 0 saturated heterocycles. The van der Waals surface area contributed by atoms with Crippen molar-refractivity contribution in [3.05, 3.63) is 34.9 Å². The zero-order chi connectivity index (χ0) is 9.42. The van der Waals surface area contributed by atoms with Crippen LogP contribution in [-0.4, -0.2) is 10.4 Å². The van der Waals surface area contributed by atoms with Gasteiger partial charge in [-0.25, -0.2) is 0 Å². The highest BCUT2D eigenvalue weighted by Gasteiger charge is 2.24. The van der Waals surface area contributed by atoms with Crippen LogP contribution >= 0.6 is 11.8 Å². The second-order valence-corrected chi connectivity index (χ2v) is 5.03. The third-order valence-electron chi connectivity index (χ3n) is 2.57. The lowest BCUT2D eigenvalue weighted by molar-refractivity contribution is 0.177. The molecule has 1 heterocycles. The van der Waals surface area contributed by atoms with Crippen molar-refractivity contribution in [2.75, 3.05) is 0 Å². The second kappa shape index (κ2) is 3.35. The van der Waals surface area contributed by atoms with Gasteiger partial charge in [0.15, 0.2) is 0 Å². The molecule has 1 aromatic rings. The molecule has 2 atom stereocenters. The highest BCUT2D eigenvalue weighted by atomic mass is 32.2. The summed E-state index contributed by atoms with van der Waals surface area (Å²) >= 11 is 1.82. The summed E-state index contributed by atoms with van der Waals surface area (Å²) < 4.78 is 0. The van der Waals surface area contributed by atoms with E-state index in [1.807, 2.05) is 11.8 Å². The summed E-state index contributed by atoms with van der Waals surface area (Å²) in [6.45, 7) is 4.15. The van der Waals surface area contributed by atoms with Crippen LogP contribution in [0.25, 0.3) is 0 Å². The van der Waals surface area contributed by atoms with Crippen LogP contribution < -0.4 is 0 Å². The minimum Gasteiger partial charge on any atom is -0.387 e. The van der Waals surface area contributed by atoms with Crippen LogP contribution in [0.2, 0.25) is 0 Å². The summed E-state index contributed by atoms with van der Waals surface area (Å²) in [6, 6.07) is 6.35. The molecule has 2 heteroatoms. The molecule has 1 N–H and O–H groups in total. The number of hydrogen-bond donors (Lipinski definition) is 1. The maximum Gasteiger partial charge on any atom is 0.0909 e. The monoisotopic (exact) mass is 194 g/mol. The lowest BCUT2D eigenvalue weighted by atomic mass is 9.98. The maximum atomic E-state index is 9.93. The minimum absolute atomic E-state index is 0.284. The Morgan fingerprint density at radius 1 is 1.46 bits per heavy atom. The average Bonchev–Trinajstić information content (AvgIpc) is 2.12. The van der Waals surface area contributed by atoms with Crippen molar-refractivity contribution in [1.82, 2.24) is 0 Å². The number of aryl methyl sites for hydroxylation is 1. The summed E-state index contributed by atoms with van der Waals surface area (Å²) in [5, 5.41) is 10.3. The summed E-state index contributed by atoms with van der Waals surface area (Å²) in [5.74, 6) is 1.04. The lowest BCUT2D eigenvalue weighted by Gasteiger charge is -2.27. The number of benzene rings is 1. The largest absolute Gasteiger partial charge is 0.387 e. The highest BCUT2D eigenvalue weighted by Crippen LogP contribution is 2.37. The van der Waals surface area contributed by atoms with Crippen molar-refractivity contribution in [2.45, 2.75) is 31.0 Å². The first-order valence-corrected chi connectivity index (χ1v) is 5.62. The molecule has 0 spiro atoms. The predicted octanol–water partition coefficient (Wildman–Crippen LogP) is 2.66. The first-order chi connectivity index (χ1) is 6.18. The molecule has 1 nitrogen and oxygen atoms in total. The molecule has 0 radical (unpaired) electrons. The third kappa shape index (κ3) is 1.61. The van der Waals surface area contributed by atoms with E-state index in [4.69, 9.17) is 0 Å². The quantitative estimate of drug-likeness (QED) is 0.685. The molecular formula is C11H14OS. The van der Waals surface area contributed by atoms with E-state index in [-0.39, 0.29) is 6.10 Å². The zero-order valence-electron chi connectivity index (χ0n) is 7.95. The highest BCUT2D eigenvalue weighted by molar-refractivity contribution is 7.99. The van der Waals surface area contributed by atoms with Gasteiger partial charge in [0, 0.05) is 11.0 Å². The molecule has 0 bridgehead atoms. The van der Waals surface area contributed by atoms with Crippen molar-refractivity contribution >= 4 is 11.8 Å². The Kier molecular flexibility index (Phi) is 2.35. The Balaban J connectivity index is 2.45. The Morgan fingerprint density at radius 3 is 3.00 bits per heavy atom. The van der Waals surface area contributed by atoms with Gasteiger partial charge in [-0.1, -0.05) is 30.7 Å². The van der Waals surface area contributed by atoms with Crippen LogP contribution in [0.3, 0.4) is 0 Å². The number of rotatable bonds is 0. The minimum atomic E-state index is -0.284. The van der Waals surface area contributed by atoms with E-state index in [0.29, 0.717) is 5.25 Å². The van der Waals surface area contributed by atoms with Gasteiger partial charge in [-0.15, -0.1) is 0 Å². The molecule has 0 saturated carbocycles. The van der Waals surface area contributed by atoms with Gasteiger partial charge >= 0.3 is 0 Å². The fourth-order valence-corrected chi connectivity index (χ4v) is 2.72. The number of fused-ring (bicyclic) bond motifs is 1. The predicted molar refractivity (Wildman–Crippen MR) is 56.9 cm³/mol. The van der Waals surface area contributed by atoms with E-state index in [0.717, 1.165) is 11.3 Å². The Labute approximate surface area is 83.2 Å². The molecular weight excluding hydrogens is 180 g/mol. The van der Waals surface area contributed by atoms with Crippen LogP contribution in [0.1, 0.15) is 29.7 Å². The summed E-state index contributed by atoms with van der Waals surface area (Å²) in [6.07, 6.45) is -0.284. The van der Waals surface area contributed by atoms with Crippen molar-refractivity contribution in [3.8, 4) is 0 Å². The van der Waals surface area contributed by atoms with Gasteiger partial charge in [-0.3, -0.25) is 0 Å². The normalized spacial score (nSPS) is 27.0. The van der Waals surface area contributed by atoms with Gasteiger partial charge in [0.1, 0.15) is 0 Å². The van der Waals surface area contributed by atoms with Crippen molar-refractivity contribution in [2.24, 2.45) is 0 Å². The molecule has 0 amide bonds. The molecule has 1 aliphatic rings. The standard InChI is InChI=1S/C11H14OS/c1-7-3-4-9-6-13-8(2)11(12)10(9)5-7/h3-5,8,11-12H,6H2,1-2H3. The van der Waals surface area contributed by atoms with Gasteiger partial charge in [-0.2, -0.15) is 11.8 Å². The van der Waals surface area contributed by atoms with E-state index in [1.54, 1.807) is 0 Å². The topological polar surface area (TPSA) is 20.2 Å². The number of hydrogen-bond acceptors (Lipinski definition) is 2. The smallest absolute Gasteiger partial charge is 0.0909 e. The average molecular weight is 194 g/mol. The van der Waals surface area contributed by atoms with Crippen LogP contribution in [0.15, 0.2) is 18.2 Å². The van der Waals surface area contributed by atoms with Crippen LogP contribution in [0.4, 0.5) is 0 Å². The summed E-state index contributed by atoms with van der Waals surface area (Å²) in [7, 11) is 0. The van der Waals surface area contributed by atoms with Crippen molar-refractivity contribution in [3.63, 3.8) is 0 Å². The van der Waals surface area contributed by atoms with E-state index in [2.05, 4.69) is 32.0 Å². The molecule has 2 rings (SSSR count). The molecule has 0 aliphatic carbocycles. The lowest BCUT2D eigenvalue weighted by Crippen LogP contribution is -2.18. The number of aliphatic hydroxyl groups excluding tert-OH is 1. The maximum absolute atomic E-state index is 9.93. The van der Waals surface area contributed by atoms with E-state index in [9.17, 15) is 5.11 Å². The van der Waals surface area contributed by atoms with E-state index in [1.165, 1.54) is 11.1 Å². The van der Waals surface area contributed by atoms with Gasteiger partial charge < -0.3 is 5.11 Å². The number of thioether (sulfide) groups is 1. The molecule has 2 unspecified atom stereocenters. The Morgan fingerprint density at radius 2 is 2.23 bits per heavy atom. The summed E-state index contributed by atoms with van der Waals surface area (Å²) in [4.78, 5) is 0. The molecule has 0 aromatic heterocycles. The van der Waals surface area contributed by atoms with Gasteiger partial charge in [0.05, 0.1) is 6.10 Å². The molecule has 1 aliphatic heterocycles. The molecule has 1 aromatic carbocycles. The van der Waals surface area contributed by atoms with Crippen molar-refractivity contribution in [1.29, 1.82) is 0 Å². The van der Waals surface area contributed by atoms with E-state index < -0.39 is 0 Å². The fraction of sp³-hybridized carbons (Fsp3) is 0.455. The molecule has 0 fully saturated rings. The van der Waals surface area contributed by atoms with E-state index >= 15 is 0 Å². The van der Waals surface area contributed by atoms with Gasteiger partial charge in [0.25, 0.3) is 0 Å². The fourth-order valence-electron chi connectivity index (χ4n) is 1.69. The second-order valence-electron chi connectivity index (χ2n) is 3.66. The van der Waals surface area contributed by atoms with Gasteiger partial charge in [-0.05, 0) is 18.1 Å². The first kappa shape index (κ1) is 9.10. The van der Waals surface area contributed by atoms with Crippen molar-refractivity contribution < 1.29 is 5.11 Å².